The summed E-state index contributed by atoms with van der Waals surface area (Å²) in [6.07, 6.45) is 9.04. The molecule has 1 heterocycles. The number of fused-ring (bicyclic) bond motifs is 6. The number of aryl methyl sites for hydroxylation is 1. The summed E-state index contributed by atoms with van der Waals surface area (Å²) in [7, 11) is 1.78. The first-order valence-electron chi connectivity index (χ1n) is 18.6. The van der Waals surface area contributed by atoms with E-state index in [0.29, 0.717) is 24.0 Å². The molecule has 6 rings (SSSR count). The van der Waals surface area contributed by atoms with Crippen molar-refractivity contribution in [2.24, 2.45) is 57.8 Å². The molecule has 4 fully saturated rings. The van der Waals surface area contributed by atoms with Crippen LogP contribution in [-0.4, -0.2) is 50.2 Å². The van der Waals surface area contributed by atoms with Gasteiger partial charge in [-0.2, -0.15) is 5.10 Å². The minimum absolute atomic E-state index is 0.00924. The van der Waals surface area contributed by atoms with Gasteiger partial charge in [0.15, 0.2) is 0 Å². The molecule has 0 saturated heterocycles. The van der Waals surface area contributed by atoms with Crippen LogP contribution in [0.5, 0.6) is 0 Å². The zero-order chi connectivity index (χ0) is 36.1. The Bertz CT molecular complexity index is 1600. The molecule has 5 aliphatic rings. The third-order valence-electron chi connectivity index (χ3n) is 15.1. The van der Waals surface area contributed by atoms with Gasteiger partial charge in [-0.05, 0) is 111 Å². The quantitative estimate of drug-likeness (QED) is 0.229. The van der Waals surface area contributed by atoms with Gasteiger partial charge in [0.1, 0.15) is 17.6 Å². The highest BCUT2D eigenvalue weighted by Crippen LogP contribution is 2.75. The fourth-order valence-electron chi connectivity index (χ4n) is 12.3. The van der Waals surface area contributed by atoms with Gasteiger partial charge < -0.3 is 15.2 Å². The number of ether oxygens (including phenoxy) is 1. The maximum atomic E-state index is 13.9. The molecule has 2 N–H and O–H groups in total. The fraction of sp³-hybridized carbons (Fsp3) is 0.775. The first kappa shape index (κ1) is 35.8. The molecule has 8 atom stereocenters. The number of ketones is 1. The summed E-state index contributed by atoms with van der Waals surface area (Å²) in [6.45, 7) is 19.4. The Morgan fingerprint density at radius 2 is 1.73 bits per heavy atom. The van der Waals surface area contributed by atoms with Crippen molar-refractivity contribution in [2.75, 3.05) is 0 Å². The fourth-order valence-corrected chi connectivity index (χ4v) is 12.3. The molecular formula is C40H59N3O6. The van der Waals surface area contributed by atoms with Crippen LogP contribution in [0.1, 0.15) is 137 Å². The number of amides is 1. The lowest BCUT2D eigenvalue weighted by atomic mass is 9.34. The van der Waals surface area contributed by atoms with Gasteiger partial charge in [-0.1, -0.05) is 54.0 Å². The SMILES string of the molecule is CC(C)C1C(=O)C[C@]2(NC(=O)c3ccnn3C)CC[C@]3(C)C(=C12)CC[C@@H]1[C@@]2(C)CC[C@H](OC(=O)CC(C)(C)C(=O)O)C(C)(C)[C@@H]2CC[C@]13C. The van der Waals surface area contributed by atoms with E-state index in [1.807, 2.05) is 0 Å². The predicted molar refractivity (Wildman–Crippen MR) is 186 cm³/mol. The van der Waals surface area contributed by atoms with Crippen molar-refractivity contribution >= 4 is 23.6 Å². The smallest absolute Gasteiger partial charge is 0.309 e. The van der Waals surface area contributed by atoms with Gasteiger partial charge in [0.2, 0.25) is 0 Å². The molecule has 0 aromatic carbocycles. The summed E-state index contributed by atoms with van der Waals surface area (Å²) in [5, 5.41) is 17.2. The zero-order valence-electron chi connectivity index (χ0n) is 31.5. The molecule has 9 nitrogen and oxygen atoms in total. The Kier molecular flexibility index (Phi) is 8.43. The molecule has 49 heavy (non-hydrogen) atoms. The summed E-state index contributed by atoms with van der Waals surface area (Å²) >= 11 is 0. The molecular weight excluding hydrogens is 618 g/mol. The maximum Gasteiger partial charge on any atom is 0.309 e. The summed E-state index contributed by atoms with van der Waals surface area (Å²) in [5.41, 5.74) is 1.01. The van der Waals surface area contributed by atoms with Crippen LogP contribution in [0.3, 0.4) is 0 Å². The van der Waals surface area contributed by atoms with E-state index >= 15 is 0 Å². The van der Waals surface area contributed by atoms with Gasteiger partial charge in [0, 0.05) is 31.0 Å². The van der Waals surface area contributed by atoms with Gasteiger partial charge in [-0.25, -0.2) is 0 Å². The van der Waals surface area contributed by atoms with Crippen molar-refractivity contribution in [2.45, 2.75) is 138 Å². The normalized spacial score (nSPS) is 38.3. The second-order valence-corrected chi connectivity index (χ2v) is 18.8. The number of Topliss-reactive ketones (excluding diaryl/α,β-unsaturated/α-hetero) is 1. The van der Waals surface area contributed by atoms with Crippen LogP contribution in [-0.2, 0) is 26.2 Å². The van der Waals surface area contributed by atoms with Crippen LogP contribution in [0.2, 0.25) is 0 Å². The van der Waals surface area contributed by atoms with E-state index in [2.05, 4.69) is 58.9 Å². The molecule has 1 amide bonds. The van der Waals surface area contributed by atoms with E-state index in [1.165, 1.54) is 11.1 Å². The molecule has 0 aliphatic heterocycles. The van der Waals surface area contributed by atoms with E-state index in [4.69, 9.17) is 4.74 Å². The van der Waals surface area contributed by atoms with Crippen LogP contribution < -0.4 is 5.32 Å². The lowest BCUT2D eigenvalue weighted by Crippen LogP contribution is -2.65. The Morgan fingerprint density at radius 1 is 1.04 bits per heavy atom. The lowest BCUT2D eigenvalue weighted by Gasteiger charge is -2.70. The van der Waals surface area contributed by atoms with E-state index < -0.39 is 22.9 Å². The number of hydrogen-bond acceptors (Lipinski definition) is 6. The largest absolute Gasteiger partial charge is 0.481 e. The van der Waals surface area contributed by atoms with Crippen molar-refractivity contribution in [3.63, 3.8) is 0 Å². The van der Waals surface area contributed by atoms with E-state index in [-0.39, 0.29) is 57.7 Å². The lowest BCUT2D eigenvalue weighted by molar-refractivity contribution is -0.214. The summed E-state index contributed by atoms with van der Waals surface area (Å²) in [5.74, 6) is -0.579. The number of hydrogen-bond donors (Lipinski definition) is 2. The van der Waals surface area contributed by atoms with Crippen molar-refractivity contribution in [1.82, 2.24) is 15.1 Å². The first-order valence-corrected chi connectivity index (χ1v) is 18.6. The Balaban J connectivity index is 1.33. The number of carboxylic acid groups (broad SMARTS) is 1. The van der Waals surface area contributed by atoms with Gasteiger partial charge in [0.25, 0.3) is 5.91 Å². The number of carboxylic acids is 1. The number of esters is 1. The molecule has 1 aromatic rings. The van der Waals surface area contributed by atoms with E-state index in [1.54, 1.807) is 37.8 Å². The van der Waals surface area contributed by atoms with Crippen LogP contribution in [0.25, 0.3) is 0 Å². The highest BCUT2D eigenvalue weighted by atomic mass is 16.5. The van der Waals surface area contributed by atoms with Gasteiger partial charge in [0.05, 0.1) is 17.4 Å². The Labute approximate surface area is 292 Å². The summed E-state index contributed by atoms with van der Waals surface area (Å²) < 4.78 is 7.74. The van der Waals surface area contributed by atoms with Crippen LogP contribution in [0, 0.1) is 50.7 Å². The maximum absolute atomic E-state index is 13.9. The average Bonchev–Trinajstić information content (AvgIpc) is 3.54. The van der Waals surface area contributed by atoms with Crippen molar-refractivity contribution in [1.29, 1.82) is 0 Å². The third-order valence-corrected chi connectivity index (χ3v) is 15.1. The molecule has 9 heteroatoms. The number of aliphatic carboxylic acids is 1. The number of rotatable bonds is 7. The van der Waals surface area contributed by atoms with Crippen molar-refractivity contribution < 1.29 is 29.0 Å². The standard InChI is InChI=1S/C40H59N3O6/c1-23(2)31-26(44)21-40(42-33(46)25-15-20-41-43(25)10)19-18-38(8)24(32(31)40)11-12-28-37(7)16-14-29(49-30(45)22-35(3,4)34(47)48)36(5,6)27(37)13-17-39(28,38)9/h15,20,23,27-29,31H,11-14,16-19,21-22H2,1-10H3,(H,42,46)(H,47,48)/t27-,28+,29-,31?,37-,38+,39+,40+/m0/s1. The molecule has 0 radical (unpaired) electrons. The summed E-state index contributed by atoms with van der Waals surface area (Å²) in [4.78, 5) is 52.4. The predicted octanol–water partition coefficient (Wildman–Crippen LogP) is 7.30. The number of aromatic nitrogens is 2. The van der Waals surface area contributed by atoms with Crippen LogP contribution in [0.15, 0.2) is 23.4 Å². The number of nitrogens with zero attached hydrogens (tertiary/aromatic N) is 2. The van der Waals surface area contributed by atoms with Crippen molar-refractivity contribution in [3.05, 3.63) is 29.1 Å². The molecule has 270 valence electrons. The number of carbonyl (C=O) groups excluding carboxylic acids is 3. The minimum Gasteiger partial charge on any atom is -0.481 e. The molecule has 1 aromatic heterocycles. The molecule has 5 aliphatic carbocycles. The highest BCUT2D eigenvalue weighted by molar-refractivity contribution is 5.97. The summed E-state index contributed by atoms with van der Waals surface area (Å²) in [6, 6.07) is 1.74. The van der Waals surface area contributed by atoms with Gasteiger partial charge in [-0.3, -0.25) is 23.9 Å². The molecule has 0 bridgehead atoms. The Hall–Kier alpha value is -2.97. The molecule has 4 saturated carbocycles. The molecule has 0 spiro atoms. The third kappa shape index (κ3) is 5.17. The van der Waals surface area contributed by atoms with E-state index in [9.17, 15) is 24.3 Å². The second-order valence-electron chi connectivity index (χ2n) is 18.8. The van der Waals surface area contributed by atoms with Gasteiger partial charge >= 0.3 is 11.9 Å². The van der Waals surface area contributed by atoms with Gasteiger partial charge in [-0.15, -0.1) is 0 Å². The monoisotopic (exact) mass is 677 g/mol. The minimum atomic E-state index is -1.17. The number of carbonyl (C=O) groups is 4. The van der Waals surface area contributed by atoms with Crippen molar-refractivity contribution in [3.8, 4) is 0 Å². The highest BCUT2D eigenvalue weighted by Gasteiger charge is 2.69. The number of allylic oxidation sites excluding steroid dienone is 1. The van der Waals surface area contributed by atoms with Crippen LogP contribution >= 0.6 is 0 Å². The Morgan fingerprint density at radius 3 is 2.35 bits per heavy atom. The van der Waals surface area contributed by atoms with Crippen LogP contribution in [0.4, 0.5) is 0 Å². The van der Waals surface area contributed by atoms with E-state index in [0.717, 1.165) is 51.4 Å². The molecule has 1 unspecified atom stereocenters. The second kappa shape index (κ2) is 11.5. The zero-order valence-corrected chi connectivity index (χ0v) is 31.5. The number of nitrogens with one attached hydrogen (secondary N) is 1. The first-order chi connectivity index (χ1) is 22.6. The average molecular weight is 678 g/mol. The topological polar surface area (TPSA) is 128 Å².